The number of aliphatic carboxylic acids is 1. The van der Waals surface area contributed by atoms with Gasteiger partial charge in [0.25, 0.3) is 5.91 Å². The fraction of sp³-hybridized carbons (Fsp3) is 0.190. The van der Waals surface area contributed by atoms with Crippen molar-refractivity contribution >= 4 is 35.1 Å². The van der Waals surface area contributed by atoms with Gasteiger partial charge in [0, 0.05) is 10.6 Å². The Morgan fingerprint density at radius 1 is 1.20 bits per heavy atom. The molecule has 156 valence electrons. The summed E-state index contributed by atoms with van der Waals surface area (Å²) >= 11 is 11.9. The largest absolute Gasteiger partial charge is 0.490 e. The van der Waals surface area contributed by atoms with Crippen molar-refractivity contribution in [3.63, 3.8) is 0 Å². The Bertz CT molecular complexity index is 1080. The summed E-state index contributed by atoms with van der Waals surface area (Å²) in [6.07, 6.45) is -0.128. The lowest BCUT2D eigenvalue weighted by Crippen LogP contribution is -2.28. The molecule has 1 heterocycles. The zero-order valence-electron chi connectivity index (χ0n) is 15.9. The minimum atomic E-state index is -0.942. The van der Waals surface area contributed by atoms with E-state index in [1.165, 1.54) is 0 Å². The van der Waals surface area contributed by atoms with Gasteiger partial charge in [-0.2, -0.15) is 0 Å². The molecule has 7 nitrogen and oxygen atoms in total. The molecule has 3 aromatic rings. The zero-order valence-corrected chi connectivity index (χ0v) is 17.5. The average molecular weight is 449 g/mol. The van der Waals surface area contributed by atoms with E-state index in [1.807, 2.05) is 0 Å². The van der Waals surface area contributed by atoms with Gasteiger partial charge < -0.3 is 19.7 Å². The van der Waals surface area contributed by atoms with Crippen molar-refractivity contribution in [1.29, 1.82) is 0 Å². The molecule has 9 heteroatoms. The summed E-state index contributed by atoms with van der Waals surface area (Å²) < 4.78 is 10.8. The van der Waals surface area contributed by atoms with E-state index in [9.17, 15) is 9.59 Å². The first kappa shape index (κ1) is 21.7. The lowest BCUT2D eigenvalue weighted by molar-refractivity contribution is -0.136. The number of ether oxygens (including phenoxy) is 1. The summed E-state index contributed by atoms with van der Waals surface area (Å²) in [5.74, 6) is -0.499. The molecule has 30 heavy (non-hydrogen) atoms. The number of amides is 1. The Hall–Kier alpha value is -3.03. The van der Waals surface area contributed by atoms with E-state index in [0.29, 0.717) is 38.4 Å². The summed E-state index contributed by atoms with van der Waals surface area (Å²) in [4.78, 5) is 23.7. The number of hydrogen-bond donors (Lipinski definition) is 2. The Kier molecular flexibility index (Phi) is 6.97. The van der Waals surface area contributed by atoms with Gasteiger partial charge in [-0.15, -0.1) is 0 Å². The number of halogens is 2. The van der Waals surface area contributed by atoms with Gasteiger partial charge in [-0.25, -0.2) is 0 Å². The highest BCUT2D eigenvalue weighted by molar-refractivity contribution is 6.35. The van der Waals surface area contributed by atoms with Crippen LogP contribution in [0.4, 0.5) is 0 Å². The maximum Gasteiger partial charge on any atom is 0.307 e. The maximum atomic E-state index is 12.7. The zero-order chi connectivity index (χ0) is 21.7. The summed E-state index contributed by atoms with van der Waals surface area (Å²) in [6.45, 7) is 2.05. The predicted molar refractivity (Wildman–Crippen MR) is 112 cm³/mol. The van der Waals surface area contributed by atoms with E-state index >= 15 is 0 Å². The molecule has 2 aromatic carbocycles. The summed E-state index contributed by atoms with van der Waals surface area (Å²) in [5.41, 5.74) is 1.83. The lowest BCUT2D eigenvalue weighted by atomic mass is 10.0. The molecule has 0 bridgehead atoms. The molecule has 0 saturated carbocycles. The second kappa shape index (κ2) is 9.65. The third kappa shape index (κ3) is 5.31. The Balaban J connectivity index is 1.67. The van der Waals surface area contributed by atoms with Gasteiger partial charge in [0.05, 0.1) is 18.0 Å². The average Bonchev–Trinajstić information content (AvgIpc) is 3.07. The van der Waals surface area contributed by atoms with Crippen LogP contribution in [-0.4, -0.2) is 35.3 Å². The standard InChI is InChI=1S/C21H18Cl2N2O5/c1-12-19(20(25-30-12)14-4-2-3-13(9-14)10-18(26)27)21(28)24-7-8-29-17-6-5-15(22)11-16(17)23/h2-6,9,11H,7-8,10H2,1H3,(H,24,28)(H,26,27). The summed E-state index contributed by atoms with van der Waals surface area (Å²) in [5, 5.41) is 16.6. The van der Waals surface area contributed by atoms with E-state index < -0.39 is 5.97 Å². The number of nitrogens with one attached hydrogen (secondary N) is 1. The van der Waals surface area contributed by atoms with E-state index in [1.54, 1.807) is 49.4 Å². The van der Waals surface area contributed by atoms with Crippen molar-refractivity contribution < 1.29 is 24.0 Å². The van der Waals surface area contributed by atoms with Crippen LogP contribution >= 0.6 is 23.2 Å². The predicted octanol–water partition coefficient (Wildman–Crippen LogP) is 4.39. The third-order valence-corrected chi connectivity index (χ3v) is 4.72. The fourth-order valence-corrected chi connectivity index (χ4v) is 3.31. The molecule has 3 rings (SSSR count). The highest BCUT2D eigenvalue weighted by Crippen LogP contribution is 2.28. The lowest BCUT2D eigenvalue weighted by Gasteiger charge is -2.10. The van der Waals surface area contributed by atoms with Crippen molar-refractivity contribution in [1.82, 2.24) is 10.5 Å². The maximum absolute atomic E-state index is 12.7. The first-order valence-electron chi connectivity index (χ1n) is 8.98. The minimum Gasteiger partial charge on any atom is -0.490 e. The van der Waals surface area contributed by atoms with E-state index in [-0.39, 0.29) is 31.0 Å². The third-order valence-electron chi connectivity index (χ3n) is 4.18. The van der Waals surface area contributed by atoms with Gasteiger partial charge in [0.1, 0.15) is 29.4 Å². The molecule has 1 amide bonds. The Morgan fingerprint density at radius 2 is 2.00 bits per heavy atom. The monoisotopic (exact) mass is 448 g/mol. The van der Waals surface area contributed by atoms with Crippen molar-refractivity contribution in [2.45, 2.75) is 13.3 Å². The highest BCUT2D eigenvalue weighted by atomic mass is 35.5. The van der Waals surface area contributed by atoms with Crippen molar-refractivity contribution in [3.8, 4) is 17.0 Å². The van der Waals surface area contributed by atoms with Gasteiger partial charge in [0.2, 0.25) is 0 Å². The van der Waals surface area contributed by atoms with Gasteiger partial charge in [-0.3, -0.25) is 9.59 Å². The second-order valence-electron chi connectivity index (χ2n) is 6.41. The molecule has 0 spiro atoms. The minimum absolute atomic E-state index is 0.128. The topological polar surface area (TPSA) is 102 Å². The smallest absolute Gasteiger partial charge is 0.307 e. The van der Waals surface area contributed by atoms with E-state index in [2.05, 4.69) is 10.5 Å². The molecule has 0 unspecified atom stereocenters. The normalized spacial score (nSPS) is 10.6. The Morgan fingerprint density at radius 3 is 2.73 bits per heavy atom. The number of carboxylic acid groups (broad SMARTS) is 1. The SMILES string of the molecule is Cc1onc(-c2cccc(CC(=O)O)c2)c1C(=O)NCCOc1ccc(Cl)cc1Cl. The van der Waals surface area contributed by atoms with E-state index in [0.717, 1.165) is 0 Å². The number of carboxylic acids is 1. The van der Waals surface area contributed by atoms with Gasteiger partial charge in [-0.05, 0) is 36.8 Å². The first-order valence-corrected chi connectivity index (χ1v) is 9.74. The molecule has 1 aromatic heterocycles. The number of hydrogen-bond acceptors (Lipinski definition) is 5. The number of carbonyl (C=O) groups excluding carboxylic acids is 1. The molecule has 0 saturated heterocycles. The van der Waals surface area contributed by atoms with Crippen LogP contribution in [0.3, 0.4) is 0 Å². The van der Waals surface area contributed by atoms with Crippen LogP contribution in [0.25, 0.3) is 11.3 Å². The molecule has 0 aliphatic carbocycles. The van der Waals surface area contributed by atoms with Crippen molar-refractivity contribution in [3.05, 3.63) is 69.4 Å². The van der Waals surface area contributed by atoms with Crippen LogP contribution in [0.5, 0.6) is 5.75 Å². The van der Waals surface area contributed by atoms with Crippen LogP contribution in [-0.2, 0) is 11.2 Å². The number of rotatable bonds is 8. The van der Waals surface area contributed by atoms with Crippen molar-refractivity contribution in [2.75, 3.05) is 13.2 Å². The molecular formula is C21H18Cl2N2O5. The van der Waals surface area contributed by atoms with Gasteiger partial charge >= 0.3 is 5.97 Å². The molecule has 0 fully saturated rings. The molecule has 0 radical (unpaired) electrons. The van der Waals surface area contributed by atoms with Crippen LogP contribution < -0.4 is 10.1 Å². The quantitative estimate of drug-likeness (QED) is 0.495. The van der Waals surface area contributed by atoms with Crippen LogP contribution in [0.15, 0.2) is 47.0 Å². The number of aromatic nitrogens is 1. The molecule has 2 N–H and O–H groups in total. The molecule has 0 aliphatic rings. The first-order chi connectivity index (χ1) is 14.3. The Labute approximate surface area is 182 Å². The summed E-state index contributed by atoms with van der Waals surface area (Å²) in [6, 6.07) is 11.7. The highest BCUT2D eigenvalue weighted by Gasteiger charge is 2.21. The number of benzene rings is 2. The fourth-order valence-electron chi connectivity index (χ4n) is 2.85. The number of nitrogens with zero attached hydrogens (tertiary/aromatic N) is 1. The van der Waals surface area contributed by atoms with E-state index in [4.69, 9.17) is 37.6 Å². The van der Waals surface area contributed by atoms with Crippen LogP contribution in [0.2, 0.25) is 10.0 Å². The van der Waals surface area contributed by atoms with Gasteiger partial charge in [-0.1, -0.05) is 46.6 Å². The summed E-state index contributed by atoms with van der Waals surface area (Å²) in [7, 11) is 0. The van der Waals surface area contributed by atoms with Crippen LogP contribution in [0, 0.1) is 6.92 Å². The van der Waals surface area contributed by atoms with Crippen LogP contribution in [0.1, 0.15) is 21.7 Å². The molecule has 0 atom stereocenters. The number of carbonyl (C=O) groups is 2. The van der Waals surface area contributed by atoms with Gasteiger partial charge in [0.15, 0.2) is 0 Å². The second-order valence-corrected chi connectivity index (χ2v) is 7.26. The number of aryl methyl sites for hydroxylation is 1. The van der Waals surface area contributed by atoms with Crippen molar-refractivity contribution in [2.24, 2.45) is 0 Å². The molecular weight excluding hydrogens is 431 g/mol. The molecule has 0 aliphatic heterocycles.